The number of amides is 1. The molecule has 4 heteroatoms. The average molecular weight is 268 g/mol. The van der Waals surface area contributed by atoms with E-state index in [1.165, 1.54) is 5.56 Å². The van der Waals surface area contributed by atoms with E-state index < -0.39 is 0 Å². The number of nitrogens with two attached hydrogens (primary N) is 1. The van der Waals surface area contributed by atoms with Gasteiger partial charge in [0.2, 0.25) is 0 Å². The second-order valence-corrected chi connectivity index (χ2v) is 4.98. The second kappa shape index (κ2) is 4.89. The highest BCUT2D eigenvalue weighted by Gasteiger charge is 2.25. The van der Waals surface area contributed by atoms with Crippen LogP contribution in [-0.2, 0) is 11.3 Å². The molecule has 0 fully saturated rings. The van der Waals surface area contributed by atoms with Gasteiger partial charge in [0.25, 0.3) is 5.91 Å². The summed E-state index contributed by atoms with van der Waals surface area (Å²) >= 11 is 0. The van der Waals surface area contributed by atoms with Crippen LogP contribution in [0.25, 0.3) is 0 Å². The first-order chi connectivity index (χ1) is 9.63. The van der Waals surface area contributed by atoms with Gasteiger partial charge in [-0.05, 0) is 30.7 Å². The first-order valence-electron chi connectivity index (χ1n) is 6.52. The number of anilines is 2. The van der Waals surface area contributed by atoms with Gasteiger partial charge < -0.3 is 15.4 Å². The van der Waals surface area contributed by atoms with Crippen LogP contribution in [0.4, 0.5) is 11.4 Å². The summed E-state index contributed by atoms with van der Waals surface area (Å²) in [6, 6.07) is 13.5. The van der Waals surface area contributed by atoms with E-state index in [-0.39, 0.29) is 12.5 Å². The van der Waals surface area contributed by atoms with Crippen molar-refractivity contribution in [3.8, 4) is 5.75 Å². The van der Waals surface area contributed by atoms with Crippen molar-refractivity contribution in [1.29, 1.82) is 0 Å². The van der Waals surface area contributed by atoms with Gasteiger partial charge in [0.15, 0.2) is 6.61 Å². The largest absolute Gasteiger partial charge is 0.482 e. The van der Waals surface area contributed by atoms with Crippen LogP contribution in [-0.4, -0.2) is 12.5 Å². The molecule has 0 saturated carbocycles. The van der Waals surface area contributed by atoms with Crippen molar-refractivity contribution in [2.45, 2.75) is 13.5 Å². The van der Waals surface area contributed by atoms with Gasteiger partial charge in [-0.15, -0.1) is 0 Å². The van der Waals surface area contributed by atoms with E-state index >= 15 is 0 Å². The fourth-order valence-corrected chi connectivity index (χ4v) is 2.27. The smallest absolute Gasteiger partial charge is 0.265 e. The Labute approximate surface area is 117 Å². The molecule has 0 unspecified atom stereocenters. The van der Waals surface area contributed by atoms with Gasteiger partial charge >= 0.3 is 0 Å². The molecule has 0 saturated heterocycles. The van der Waals surface area contributed by atoms with E-state index in [4.69, 9.17) is 10.5 Å². The Kier molecular flexibility index (Phi) is 3.06. The average Bonchev–Trinajstić information content (AvgIpc) is 2.44. The molecule has 0 radical (unpaired) electrons. The van der Waals surface area contributed by atoms with Gasteiger partial charge in [-0.2, -0.15) is 0 Å². The van der Waals surface area contributed by atoms with Crippen LogP contribution in [0.3, 0.4) is 0 Å². The maximum absolute atomic E-state index is 12.1. The van der Waals surface area contributed by atoms with E-state index in [0.717, 1.165) is 11.3 Å². The van der Waals surface area contributed by atoms with Crippen molar-refractivity contribution in [3.05, 3.63) is 53.6 Å². The van der Waals surface area contributed by atoms with Crippen LogP contribution in [0.15, 0.2) is 42.5 Å². The number of benzene rings is 2. The van der Waals surface area contributed by atoms with E-state index in [0.29, 0.717) is 18.0 Å². The third-order valence-corrected chi connectivity index (χ3v) is 3.39. The van der Waals surface area contributed by atoms with Gasteiger partial charge in [0.1, 0.15) is 5.75 Å². The van der Waals surface area contributed by atoms with E-state index in [1.54, 1.807) is 23.1 Å². The molecule has 0 atom stereocenters. The van der Waals surface area contributed by atoms with Crippen LogP contribution in [0.5, 0.6) is 5.75 Å². The second-order valence-electron chi connectivity index (χ2n) is 4.98. The SMILES string of the molecule is Cc1ccc(CN2C(=O)COc3ccc(N)cc32)cc1. The standard InChI is InChI=1S/C16H16N2O2/c1-11-2-4-12(5-3-11)9-18-14-8-13(17)6-7-15(14)20-10-16(18)19/h2-8H,9-10,17H2,1H3. The number of carbonyl (C=O) groups is 1. The zero-order valence-corrected chi connectivity index (χ0v) is 11.3. The van der Waals surface area contributed by atoms with Crippen molar-refractivity contribution in [3.63, 3.8) is 0 Å². The molecule has 102 valence electrons. The lowest BCUT2D eigenvalue weighted by molar-refractivity contribution is -0.121. The molecule has 20 heavy (non-hydrogen) atoms. The summed E-state index contributed by atoms with van der Waals surface area (Å²) < 4.78 is 5.43. The number of carbonyl (C=O) groups excluding carboxylic acids is 1. The Hall–Kier alpha value is -2.49. The van der Waals surface area contributed by atoms with Gasteiger partial charge in [-0.3, -0.25) is 4.79 Å². The number of nitrogen functional groups attached to an aromatic ring is 1. The summed E-state index contributed by atoms with van der Waals surface area (Å²) in [5, 5.41) is 0. The van der Waals surface area contributed by atoms with Crippen molar-refractivity contribution in [2.24, 2.45) is 0 Å². The fourth-order valence-electron chi connectivity index (χ4n) is 2.27. The topological polar surface area (TPSA) is 55.6 Å². The van der Waals surface area contributed by atoms with Crippen LogP contribution in [0.1, 0.15) is 11.1 Å². The van der Waals surface area contributed by atoms with Crippen LogP contribution >= 0.6 is 0 Å². The molecule has 2 aromatic rings. The summed E-state index contributed by atoms with van der Waals surface area (Å²) in [5.74, 6) is 0.648. The molecule has 0 aliphatic carbocycles. The van der Waals surface area contributed by atoms with Crippen LogP contribution < -0.4 is 15.4 Å². The molecule has 3 rings (SSSR count). The molecule has 1 amide bonds. The monoisotopic (exact) mass is 268 g/mol. The van der Waals surface area contributed by atoms with Crippen molar-refractivity contribution < 1.29 is 9.53 Å². The van der Waals surface area contributed by atoms with E-state index in [9.17, 15) is 4.79 Å². The Morgan fingerprint density at radius 1 is 1.20 bits per heavy atom. The first-order valence-corrected chi connectivity index (χ1v) is 6.52. The number of hydrogen-bond donors (Lipinski definition) is 1. The zero-order valence-electron chi connectivity index (χ0n) is 11.3. The third-order valence-electron chi connectivity index (χ3n) is 3.39. The normalized spacial score (nSPS) is 13.8. The molecular formula is C16H16N2O2. The molecule has 1 aliphatic heterocycles. The molecule has 1 heterocycles. The Morgan fingerprint density at radius 2 is 1.95 bits per heavy atom. The van der Waals surface area contributed by atoms with E-state index in [2.05, 4.69) is 0 Å². The fraction of sp³-hybridized carbons (Fsp3) is 0.188. The first kappa shape index (κ1) is 12.5. The highest BCUT2D eigenvalue weighted by molar-refractivity contribution is 5.98. The lowest BCUT2D eigenvalue weighted by atomic mass is 10.1. The third kappa shape index (κ3) is 2.32. The van der Waals surface area contributed by atoms with Crippen molar-refractivity contribution in [2.75, 3.05) is 17.2 Å². The summed E-state index contributed by atoms with van der Waals surface area (Å²) in [4.78, 5) is 13.8. The summed E-state index contributed by atoms with van der Waals surface area (Å²) in [6.45, 7) is 2.64. The number of fused-ring (bicyclic) bond motifs is 1. The lowest BCUT2D eigenvalue weighted by Crippen LogP contribution is -2.38. The number of rotatable bonds is 2. The molecule has 0 spiro atoms. The van der Waals surface area contributed by atoms with Crippen molar-refractivity contribution in [1.82, 2.24) is 0 Å². The Bertz CT molecular complexity index is 650. The number of nitrogens with zero attached hydrogens (tertiary/aromatic N) is 1. The quantitative estimate of drug-likeness (QED) is 0.851. The van der Waals surface area contributed by atoms with Gasteiger partial charge in [0.05, 0.1) is 12.2 Å². The number of aryl methyl sites for hydroxylation is 1. The molecule has 4 nitrogen and oxygen atoms in total. The minimum absolute atomic E-state index is 0.0522. The molecule has 2 aromatic carbocycles. The minimum atomic E-state index is -0.0522. The van der Waals surface area contributed by atoms with Gasteiger partial charge in [-0.25, -0.2) is 0 Å². The maximum atomic E-state index is 12.1. The predicted octanol–water partition coefficient (Wildman–Crippen LogP) is 2.50. The highest BCUT2D eigenvalue weighted by Crippen LogP contribution is 2.34. The van der Waals surface area contributed by atoms with Gasteiger partial charge in [0, 0.05) is 5.69 Å². The highest BCUT2D eigenvalue weighted by atomic mass is 16.5. The minimum Gasteiger partial charge on any atom is -0.482 e. The maximum Gasteiger partial charge on any atom is 0.265 e. The van der Waals surface area contributed by atoms with Gasteiger partial charge in [-0.1, -0.05) is 29.8 Å². The van der Waals surface area contributed by atoms with Crippen molar-refractivity contribution >= 4 is 17.3 Å². The van der Waals surface area contributed by atoms with Crippen LogP contribution in [0.2, 0.25) is 0 Å². The Balaban J connectivity index is 1.94. The molecule has 2 N–H and O–H groups in total. The number of hydrogen-bond acceptors (Lipinski definition) is 3. The predicted molar refractivity (Wildman–Crippen MR) is 78.7 cm³/mol. The van der Waals surface area contributed by atoms with Crippen LogP contribution in [0, 0.1) is 6.92 Å². The Morgan fingerprint density at radius 3 is 2.70 bits per heavy atom. The zero-order chi connectivity index (χ0) is 14.1. The summed E-state index contributed by atoms with van der Waals surface area (Å²) in [7, 11) is 0. The lowest BCUT2D eigenvalue weighted by Gasteiger charge is -2.29. The molecule has 0 aromatic heterocycles. The molecule has 0 bridgehead atoms. The number of ether oxygens (including phenoxy) is 1. The summed E-state index contributed by atoms with van der Waals surface area (Å²) in [6.07, 6.45) is 0. The summed E-state index contributed by atoms with van der Waals surface area (Å²) in [5.41, 5.74) is 9.45. The molecular weight excluding hydrogens is 252 g/mol. The van der Waals surface area contributed by atoms with E-state index in [1.807, 2.05) is 31.2 Å². The molecule has 1 aliphatic rings.